The Kier molecular flexibility index (Phi) is 3.35. The average molecular weight is 318 g/mol. The lowest BCUT2D eigenvalue weighted by Crippen LogP contribution is -2.21. The molecule has 118 valence electrons. The minimum absolute atomic E-state index is 0.277. The largest absolute Gasteiger partial charge is 0.339 e. The molecule has 0 unspecified atom stereocenters. The van der Waals surface area contributed by atoms with Crippen LogP contribution in [0.5, 0.6) is 0 Å². The van der Waals surface area contributed by atoms with Crippen LogP contribution in [-0.4, -0.2) is 19.9 Å². The van der Waals surface area contributed by atoms with Crippen molar-refractivity contribution in [2.24, 2.45) is 0 Å². The van der Waals surface area contributed by atoms with Crippen LogP contribution in [0.3, 0.4) is 0 Å². The molecule has 2 aromatic heterocycles. The van der Waals surface area contributed by atoms with Gasteiger partial charge in [-0.1, -0.05) is 48.5 Å². The first-order valence-corrected chi connectivity index (χ1v) is 7.54. The van der Waals surface area contributed by atoms with Crippen molar-refractivity contribution < 1.29 is 0 Å². The highest BCUT2D eigenvalue weighted by atomic mass is 16.2. The lowest BCUT2D eigenvalue weighted by atomic mass is 10.1. The van der Waals surface area contributed by atoms with Gasteiger partial charge in [-0.2, -0.15) is 0 Å². The van der Waals surface area contributed by atoms with Gasteiger partial charge in [-0.25, -0.2) is 9.78 Å². The molecular formula is C18H14N4O2. The Bertz CT molecular complexity index is 1090. The fraction of sp³-hybridized carbons (Fsp3) is 0.0556. The van der Waals surface area contributed by atoms with E-state index in [0.29, 0.717) is 0 Å². The monoisotopic (exact) mass is 318 g/mol. The number of nitrogens with zero attached hydrogens (tertiary/aromatic N) is 1. The molecule has 6 nitrogen and oxygen atoms in total. The normalized spacial score (nSPS) is 11.5. The van der Waals surface area contributed by atoms with Crippen LogP contribution in [0.25, 0.3) is 22.3 Å². The van der Waals surface area contributed by atoms with Crippen LogP contribution in [0, 0.1) is 0 Å². The zero-order valence-electron chi connectivity index (χ0n) is 12.7. The van der Waals surface area contributed by atoms with E-state index in [2.05, 4.69) is 68.5 Å². The topological polar surface area (TPSA) is 94.4 Å². The number of aromatic amines is 3. The van der Waals surface area contributed by atoms with E-state index in [1.165, 1.54) is 28.6 Å². The van der Waals surface area contributed by atoms with Crippen molar-refractivity contribution in [3.8, 4) is 11.1 Å². The standard InChI is InChI=1S/C13H10.C5H4N4O2/c1-3-7-12-10(5-1)9-11-6-2-4-8-13(11)12;10-4-2-3(7-1-6-2)8-5(11)9-4/h1-8H,9H2;1H,(H3,6,7,8,9,10,11). The molecule has 0 bridgehead atoms. The van der Waals surface area contributed by atoms with Gasteiger partial charge in [-0.05, 0) is 28.7 Å². The molecule has 3 N–H and O–H groups in total. The van der Waals surface area contributed by atoms with Crippen LogP contribution in [-0.2, 0) is 6.42 Å². The third-order valence-corrected chi connectivity index (χ3v) is 4.03. The molecule has 2 aromatic carbocycles. The van der Waals surface area contributed by atoms with E-state index in [9.17, 15) is 9.59 Å². The Balaban J connectivity index is 0.000000123. The molecule has 0 amide bonds. The Hall–Kier alpha value is -3.41. The maximum atomic E-state index is 10.9. The summed E-state index contributed by atoms with van der Waals surface area (Å²) >= 11 is 0. The molecule has 0 fully saturated rings. The molecule has 0 saturated carbocycles. The average Bonchev–Trinajstić information content (AvgIpc) is 3.19. The van der Waals surface area contributed by atoms with Crippen LogP contribution in [0.15, 0.2) is 64.4 Å². The predicted octanol–water partition coefficient (Wildman–Crippen LogP) is 2.20. The molecule has 24 heavy (non-hydrogen) atoms. The number of aromatic nitrogens is 4. The minimum Gasteiger partial charge on any atom is -0.339 e. The van der Waals surface area contributed by atoms with Gasteiger partial charge in [0.15, 0.2) is 5.65 Å². The van der Waals surface area contributed by atoms with Crippen LogP contribution >= 0.6 is 0 Å². The quantitative estimate of drug-likeness (QED) is 0.408. The highest BCUT2D eigenvalue weighted by Gasteiger charge is 2.15. The Morgan fingerprint density at radius 1 is 0.833 bits per heavy atom. The zero-order valence-corrected chi connectivity index (χ0v) is 12.7. The van der Waals surface area contributed by atoms with E-state index in [0.717, 1.165) is 6.42 Å². The lowest BCUT2D eigenvalue weighted by molar-refractivity contribution is 1.07. The van der Waals surface area contributed by atoms with E-state index in [4.69, 9.17) is 0 Å². The molecule has 4 aromatic rings. The molecule has 5 rings (SSSR count). The first-order chi connectivity index (χ1) is 11.7. The molecule has 0 radical (unpaired) electrons. The molecule has 0 atom stereocenters. The molecule has 0 aliphatic heterocycles. The number of imidazole rings is 1. The fourth-order valence-corrected chi connectivity index (χ4v) is 2.95. The van der Waals surface area contributed by atoms with Crippen LogP contribution in [0.2, 0.25) is 0 Å². The second-order valence-electron chi connectivity index (χ2n) is 5.53. The third kappa shape index (κ3) is 2.44. The Morgan fingerprint density at radius 3 is 2.12 bits per heavy atom. The zero-order chi connectivity index (χ0) is 16.5. The van der Waals surface area contributed by atoms with Crippen LogP contribution < -0.4 is 11.2 Å². The summed E-state index contributed by atoms with van der Waals surface area (Å²) in [7, 11) is 0. The summed E-state index contributed by atoms with van der Waals surface area (Å²) in [6.07, 6.45) is 2.45. The highest BCUT2D eigenvalue weighted by Crippen LogP contribution is 2.35. The second-order valence-corrected chi connectivity index (χ2v) is 5.53. The minimum atomic E-state index is -0.547. The van der Waals surface area contributed by atoms with Crippen molar-refractivity contribution in [3.63, 3.8) is 0 Å². The molecule has 1 aliphatic carbocycles. The van der Waals surface area contributed by atoms with Gasteiger partial charge in [0, 0.05) is 0 Å². The molecule has 2 heterocycles. The summed E-state index contributed by atoms with van der Waals surface area (Å²) in [6.45, 7) is 0. The molecule has 1 aliphatic rings. The summed E-state index contributed by atoms with van der Waals surface area (Å²) in [5.41, 5.74) is 5.31. The Labute approximate surface area is 136 Å². The van der Waals surface area contributed by atoms with Crippen molar-refractivity contribution in [1.82, 2.24) is 19.9 Å². The Morgan fingerprint density at radius 2 is 1.46 bits per heavy atom. The van der Waals surface area contributed by atoms with Crippen molar-refractivity contribution in [2.45, 2.75) is 6.42 Å². The number of H-pyrrole nitrogens is 3. The van der Waals surface area contributed by atoms with Gasteiger partial charge >= 0.3 is 5.69 Å². The maximum absolute atomic E-state index is 10.9. The first kappa shape index (κ1) is 14.2. The van der Waals surface area contributed by atoms with Gasteiger partial charge in [0.25, 0.3) is 5.56 Å². The predicted molar refractivity (Wildman–Crippen MR) is 92.0 cm³/mol. The van der Waals surface area contributed by atoms with Crippen molar-refractivity contribution in [3.05, 3.63) is 86.8 Å². The number of hydrogen-bond donors (Lipinski definition) is 3. The van der Waals surface area contributed by atoms with Gasteiger partial charge < -0.3 is 4.98 Å². The number of rotatable bonds is 0. The van der Waals surface area contributed by atoms with Crippen molar-refractivity contribution in [2.75, 3.05) is 0 Å². The van der Waals surface area contributed by atoms with E-state index < -0.39 is 11.2 Å². The van der Waals surface area contributed by atoms with E-state index in [1.54, 1.807) is 0 Å². The molecule has 6 heteroatoms. The van der Waals surface area contributed by atoms with Gasteiger partial charge in [-0.3, -0.25) is 14.8 Å². The molecule has 0 spiro atoms. The molecule has 0 saturated heterocycles. The summed E-state index contributed by atoms with van der Waals surface area (Å²) in [5, 5.41) is 0. The fourth-order valence-electron chi connectivity index (χ4n) is 2.95. The summed E-state index contributed by atoms with van der Waals surface area (Å²) in [4.78, 5) is 32.3. The van der Waals surface area contributed by atoms with Crippen LogP contribution in [0.1, 0.15) is 11.1 Å². The number of hydrogen-bond acceptors (Lipinski definition) is 3. The number of nitrogens with one attached hydrogen (secondary N) is 3. The van der Waals surface area contributed by atoms with Crippen LogP contribution in [0.4, 0.5) is 0 Å². The number of benzene rings is 2. The van der Waals surface area contributed by atoms with E-state index in [1.807, 2.05) is 0 Å². The van der Waals surface area contributed by atoms with Gasteiger partial charge in [-0.15, -0.1) is 0 Å². The first-order valence-electron chi connectivity index (χ1n) is 7.54. The smallest absolute Gasteiger partial charge is 0.327 e. The van der Waals surface area contributed by atoms with E-state index >= 15 is 0 Å². The SMILES string of the molecule is O=c1[nH]c(=O)c2[nH]cnc2[nH]1.c1ccc2c(c1)Cc1ccccc1-2. The van der Waals surface area contributed by atoms with Gasteiger partial charge in [0.05, 0.1) is 6.33 Å². The maximum Gasteiger partial charge on any atom is 0.327 e. The second kappa shape index (κ2) is 5.66. The third-order valence-electron chi connectivity index (χ3n) is 4.03. The number of fused-ring (bicyclic) bond motifs is 4. The van der Waals surface area contributed by atoms with Gasteiger partial charge in [0.1, 0.15) is 5.52 Å². The lowest BCUT2D eigenvalue weighted by Gasteiger charge is -1.98. The summed E-state index contributed by atoms with van der Waals surface area (Å²) in [5.74, 6) is 0. The van der Waals surface area contributed by atoms with Gasteiger partial charge in [0.2, 0.25) is 0 Å². The molecular weight excluding hydrogens is 304 g/mol. The van der Waals surface area contributed by atoms with Crippen molar-refractivity contribution in [1.29, 1.82) is 0 Å². The summed E-state index contributed by atoms with van der Waals surface area (Å²) in [6, 6.07) is 17.3. The summed E-state index contributed by atoms with van der Waals surface area (Å²) < 4.78 is 0. The highest BCUT2D eigenvalue weighted by molar-refractivity contribution is 5.76. The van der Waals surface area contributed by atoms with Crippen molar-refractivity contribution >= 4 is 11.2 Å². The van der Waals surface area contributed by atoms with E-state index in [-0.39, 0.29) is 11.2 Å².